The third kappa shape index (κ3) is 4.35. The van der Waals surface area contributed by atoms with E-state index in [4.69, 9.17) is 4.74 Å². The SMILES string of the molecule is CC(C)(C)OC(=O)N1C([C@@H]2CSC(c3ccccc3O)=N2)SC[C@H]1C(=O)O. The van der Waals surface area contributed by atoms with Gasteiger partial charge in [-0.2, -0.15) is 0 Å². The van der Waals surface area contributed by atoms with Crippen molar-refractivity contribution in [3.8, 4) is 5.75 Å². The van der Waals surface area contributed by atoms with Crippen molar-refractivity contribution in [3.63, 3.8) is 0 Å². The van der Waals surface area contributed by atoms with Crippen LogP contribution in [0.25, 0.3) is 0 Å². The minimum absolute atomic E-state index is 0.149. The third-order valence-electron chi connectivity index (χ3n) is 4.06. The predicted molar refractivity (Wildman–Crippen MR) is 107 cm³/mol. The highest BCUT2D eigenvalue weighted by atomic mass is 32.2. The summed E-state index contributed by atoms with van der Waals surface area (Å²) in [5.74, 6) is -0.00301. The monoisotopic (exact) mass is 410 g/mol. The van der Waals surface area contributed by atoms with Gasteiger partial charge < -0.3 is 14.9 Å². The van der Waals surface area contributed by atoms with E-state index in [9.17, 15) is 19.8 Å². The molecule has 1 unspecified atom stereocenters. The highest BCUT2D eigenvalue weighted by molar-refractivity contribution is 8.14. The third-order valence-corrected chi connectivity index (χ3v) is 6.56. The van der Waals surface area contributed by atoms with Gasteiger partial charge in [0.15, 0.2) is 0 Å². The van der Waals surface area contributed by atoms with Gasteiger partial charge >= 0.3 is 12.1 Å². The lowest BCUT2D eigenvalue weighted by atomic mass is 10.2. The zero-order valence-corrected chi connectivity index (χ0v) is 16.9. The molecule has 3 atom stereocenters. The van der Waals surface area contributed by atoms with Crippen LogP contribution in [0.1, 0.15) is 26.3 Å². The van der Waals surface area contributed by atoms with E-state index in [-0.39, 0.29) is 11.8 Å². The summed E-state index contributed by atoms with van der Waals surface area (Å²) in [4.78, 5) is 30.3. The molecule has 0 bridgehead atoms. The maximum Gasteiger partial charge on any atom is 0.412 e. The summed E-state index contributed by atoms with van der Waals surface area (Å²) in [6.07, 6.45) is -0.638. The zero-order valence-electron chi connectivity index (χ0n) is 15.3. The normalized spacial score (nSPS) is 25.4. The molecule has 0 radical (unpaired) electrons. The van der Waals surface area contributed by atoms with Crippen LogP contribution >= 0.6 is 23.5 Å². The Hall–Kier alpha value is -1.87. The fourth-order valence-electron chi connectivity index (χ4n) is 2.90. The zero-order chi connectivity index (χ0) is 19.8. The van der Waals surface area contributed by atoms with Crippen LogP contribution in [-0.4, -0.2) is 66.8 Å². The van der Waals surface area contributed by atoms with Crippen molar-refractivity contribution in [1.29, 1.82) is 0 Å². The molecule has 0 spiro atoms. The number of carbonyl (C=O) groups excluding carboxylic acids is 1. The van der Waals surface area contributed by atoms with Crippen molar-refractivity contribution in [2.45, 2.75) is 43.8 Å². The fourth-order valence-corrected chi connectivity index (χ4v) is 5.60. The molecular formula is C18H22N2O5S2. The number of phenols is 1. The standard InChI is InChI=1S/C18H22N2O5S2/c1-18(2,3)25-17(24)20-12(16(22)23)9-27-15(20)11-8-26-14(19-11)10-6-4-5-7-13(10)21/h4-7,11-12,15,21H,8-9H2,1-3H3,(H,22,23)/t11-,12-,15?/m0/s1. The average Bonchev–Trinajstić information content (AvgIpc) is 3.20. The Labute approximate surface area is 166 Å². The molecule has 2 aliphatic heterocycles. The maximum absolute atomic E-state index is 12.7. The molecule has 7 nitrogen and oxygen atoms in total. The van der Waals surface area contributed by atoms with E-state index in [2.05, 4.69) is 4.99 Å². The van der Waals surface area contributed by atoms with Crippen molar-refractivity contribution < 1.29 is 24.5 Å². The second kappa shape index (κ2) is 7.63. The van der Waals surface area contributed by atoms with Crippen LogP contribution in [0.5, 0.6) is 5.75 Å². The Kier molecular flexibility index (Phi) is 5.62. The summed E-state index contributed by atoms with van der Waals surface area (Å²) < 4.78 is 5.44. The lowest BCUT2D eigenvalue weighted by Crippen LogP contribution is -2.50. The van der Waals surface area contributed by atoms with Crippen LogP contribution < -0.4 is 0 Å². The molecule has 0 aromatic heterocycles. The second-order valence-electron chi connectivity index (χ2n) is 7.30. The highest BCUT2D eigenvalue weighted by Gasteiger charge is 2.47. The number of ether oxygens (including phenoxy) is 1. The van der Waals surface area contributed by atoms with Crippen LogP contribution in [0.3, 0.4) is 0 Å². The molecule has 3 rings (SSSR count). The predicted octanol–water partition coefficient (Wildman–Crippen LogP) is 3.02. The molecule has 2 N–H and O–H groups in total. The molecule has 2 aliphatic rings. The first kappa shape index (κ1) is 19.9. The molecule has 9 heteroatoms. The summed E-state index contributed by atoms with van der Waals surface area (Å²) in [6, 6.07) is 5.74. The van der Waals surface area contributed by atoms with Gasteiger partial charge in [0.2, 0.25) is 0 Å². The lowest BCUT2D eigenvalue weighted by molar-refractivity contribution is -0.142. The van der Waals surface area contributed by atoms with Gasteiger partial charge in [0, 0.05) is 17.1 Å². The largest absolute Gasteiger partial charge is 0.507 e. The van der Waals surface area contributed by atoms with Crippen molar-refractivity contribution >= 4 is 40.6 Å². The smallest absolute Gasteiger partial charge is 0.412 e. The van der Waals surface area contributed by atoms with Gasteiger partial charge in [-0.25, -0.2) is 9.59 Å². The number of benzene rings is 1. The average molecular weight is 411 g/mol. The maximum atomic E-state index is 12.7. The molecule has 0 aliphatic carbocycles. The molecule has 1 aromatic rings. The molecule has 1 amide bonds. The highest BCUT2D eigenvalue weighted by Crippen LogP contribution is 2.39. The van der Waals surface area contributed by atoms with E-state index >= 15 is 0 Å². The first-order chi connectivity index (χ1) is 12.7. The number of aromatic hydroxyl groups is 1. The van der Waals surface area contributed by atoms with Gasteiger partial charge in [-0.3, -0.25) is 9.89 Å². The molecule has 2 heterocycles. The number of carboxylic acid groups (broad SMARTS) is 1. The van der Waals surface area contributed by atoms with Gasteiger partial charge in [-0.05, 0) is 32.9 Å². The van der Waals surface area contributed by atoms with E-state index in [0.717, 1.165) is 0 Å². The van der Waals surface area contributed by atoms with Gasteiger partial charge in [-0.1, -0.05) is 12.1 Å². The fraction of sp³-hybridized carbons (Fsp3) is 0.500. The number of aliphatic imine (C=N–C) groups is 1. The Morgan fingerprint density at radius 3 is 2.59 bits per heavy atom. The van der Waals surface area contributed by atoms with Crippen molar-refractivity contribution in [2.75, 3.05) is 11.5 Å². The number of thioether (sulfide) groups is 2. The van der Waals surface area contributed by atoms with Crippen LogP contribution in [0.4, 0.5) is 4.79 Å². The van der Waals surface area contributed by atoms with E-state index in [1.807, 2.05) is 6.07 Å². The van der Waals surface area contributed by atoms with E-state index in [0.29, 0.717) is 22.1 Å². The molecule has 1 saturated heterocycles. The Morgan fingerprint density at radius 1 is 1.26 bits per heavy atom. The minimum Gasteiger partial charge on any atom is -0.507 e. The van der Waals surface area contributed by atoms with Crippen LogP contribution in [0.15, 0.2) is 29.3 Å². The van der Waals surface area contributed by atoms with Crippen LogP contribution in [-0.2, 0) is 9.53 Å². The molecule has 0 saturated carbocycles. The molecule has 146 valence electrons. The number of aliphatic carboxylic acids is 1. The van der Waals surface area contributed by atoms with Crippen LogP contribution in [0.2, 0.25) is 0 Å². The van der Waals surface area contributed by atoms with Crippen molar-refractivity contribution in [3.05, 3.63) is 29.8 Å². The number of rotatable bonds is 3. The Balaban J connectivity index is 1.85. The molecular weight excluding hydrogens is 388 g/mol. The minimum atomic E-state index is -1.05. The summed E-state index contributed by atoms with van der Waals surface area (Å²) in [6.45, 7) is 5.25. The van der Waals surface area contributed by atoms with Crippen LogP contribution in [0, 0.1) is 0 Å². The van der Waals surface area contributed by atoms with Crippen molar-refractivity contribution in [1.82, 2.24) is 4.90 Å². The summed E-state index contributed by atoms with van der Waals surface area (Å²) >= 11 is 2.89. The van der Waals surface area contributed by atoms with Gasteiger partial charge in [0.1, 0.15) is 27.8 Å². The number of carboxylic acids is 1. The number of nitrogens with zero attached hydrogens (tertiary/aromatic N) is 2. The molecule has 27 heavy (non-hydrogen) atoms. The topological polar surface area (TPSA) is 99.4 Å². The lowest BCUT2D eigenvalue weighted by Gasteiger charge is -2.31. The second-order valence-corrected chi connectivity index (χ2v) is 9.45. The molecule has 1 aromatic carbocycles. The number of hydrogen-bond acceptors (Lipinski definition) is 7. The number of para-hydroxylation sites is 1. The van der Waals surface area contributed by atoms with Gasteiger partial charge in [-0.15, -0.1) is 23.5 Å². The summed E-state index contributed by atoms with van der Waals surface area (Å²) in [5, 5.41) is 19.8. The van der Waals surface area contributed by atoms with E-state index < -0.39 is 29.1 Å². The van der Waals surface area contributed by atoms with E-state index in [1.165, 1.54) is 28.4 Å². The first-order valence-corrected chi connectivity index (χ1v) is 10.6. The van der Waals surface area contributed by atoms with Crippen molar-refractivity contribution in [2.24, 2.45) is 4.99 Å². The van der Waals surface area contributed by atoms with E-state index in [1.54, 1.807) is 39.0 Å². The van der Waals surface area contributed by atoms with Gasteiger partial charge in [0.25, 0.3) is 0 Å². The summed E-state index contributed by atoms with van der Waals surface area (Å²) in [5.41, 5.74) is -0.0706. The quantitative estimate of drug-likeness (QED) is 0.790. The Morgan fingerprint density at radius 2 is 1.96 bits per heavy atom. The number of phenolic OH excluding ortho intramolecular Hbond substituents is 1. The Bertz CT molecular complexity index is 777. The van der Waals surface area contributed by atoms with Gasteiger partial charge in [0.05, 0.1) is 6.04 Å². The number of amides is 1. The summed E-state index contributed by atoms with van der Waals surface area (Å²) in [7, 11) is 0. The number of hydrogen-bond donors (Lipinski definition) is 2. The molecule has 1 fully saturated rings. The number of carbonyl (C=O) groups is 2. The first-order valence-electron chi connectivity index (χ1n) is 8.52.